The Morgan fingerprint density at radius 1 is 1.25 bits per heavy atom. The van der Waals surface area contributed by atoms with Gasteiger partial charge in [-0.05, 0) is 25.1 Å². The van der Waals surface area contributed by atoms with E-state index in [1.807, 2.05) is 36.0 Å². The smallest absolute Gasteiger partial charge is 0.336 e. The number of aryl methyl sites for hydroxylation is 1. The van der Waals surface area contributed by atoms with Gasteiger partial charge in [-0.25, -0.2) is 9.36 Å². The van der Waals surface area contributed by atoms with E-state index in [4.69, 9.17) is 4.42 Å². The van der Waals surface area contributed by atoms with Gasteiger partial charge >= 0.3 is 5.63 Å². The van der Waals surface area contributed by atoms with E-state index >= 15 is 0 Å². The zero-order chi connectivity index (χ0) is 14.1. The molecular weight excluding hydrogens is 254 g/mol. The van der Waals surface area contributed by atoms with E-state index in [-0.39, 0.29) is 5.75 Å². The maximum Gasteiger partial charge on any atom is 0.336 e. The summed E-state index contributed by atoms with van der Waals surface area (Å²) in [6.45, 7) is 2.60. The van der Waals surface area contributed by atoms with Gasteiger partial charge in [0.05, 0.1) is 0 Å². The largest absolute Gasteiger partial charge is 0.508 e. The van der Waals surface area contributed by atoms with Crippen LogP contribution in [0.3, 0.4) is 0 Å². The van der Waals surface area contributed by atoms with E-state index in [1.54, 1.807) is 12.1 Å². The first-order chi connectivity index (χ1) is 9.61. The van der Waals surface area contributed by atoms with Crippen molar-refractivity contribution < 1.29 is 14.1 Å². The minimum absolute atomic E-state index is 0.0843. The fourth-order valence-corrected chi connectivity index (χ4v) is 2.30. The quantitative estimate of drug-likeness (QED) is 0.572. The number of aromatic nitrogens is 1. The molecule has 1 N–H and O–H groups in total. The molecule has 4 heteroatoms. The average molecular weight is 268 g/mol. The summed E-state index contributed by atoms with van der Waals surface area (Å²) in [5.74, 6) is 0.0843. The first-order valence-electron chi connectivity index (χ1n) is 6.33. The Morgan fingerprint density at radius 3 is 2.90 bits per heavy atom. The number of fused-ring (bicyclic) bond motifs is 1. The van der Waals surface area contributed by atoms with Crippen LogP contribution < -0.4 is 10.2 Å². The van der Waals surface area contributed by atoms with Gasteiger partial charge in [0.1, 0.15) is 11.3 Å². The van der Waals surface area contributed by atoms with Gasteiger partial charge in [0.2, 0.25) is 0 Å². The molecule has 1 aromatic carbocycles. The van der Waals surface area contributed by atoms with Gasteiger partial charge in [-0.15, -0.1) is 0 Å². The lowest BCUT2D eigenvalue weighted by atomic mass is 10.1. The minimum Gasteiger partial charge on any atom is -0.508 e. The molecule has 4 nitrogen and oxygen atoms in total. The normalized spacial score (nSPS) is 10.8. The zero-order valence-corrected chi connectivity index (χ0v) is 11.0. The third-order valence-electron chi connectivity index (χ3n) is 3.17. The van der Waals surface area contributed by atoms with Gasteiger partial charge in [0.25, 0.3) is 0 Å². The highest BCUT2D eigenvalue weighted by atomic mass is 16.4. The lowest BCUT2D eigenvalue weighted by Gasteiger charge is -2.03. The molecule has 100 valence electrons. The number of hydrogen-bond donors (Lipinski definition) is 1. The predicted octanol–water partition coefficient (Wildman–Crippen LogP) is 2.14. The second-order valence-corrected chi connectivity index (χ2v) is 4.82. The van der Waals surface area contributed by atoms with Gasteiger partial charge in [0, 0.05) is 34.7 Å². The fourth-order valence-electron chi connectivity index (χ4n) is 2.30. The topological polar surface area (TPSA) is 54.3 Å². The number of rotatable bonds is 2. The summed E-state index contributed by atoms with van der Waals surface area (Å²) in [5, 5.41) is 10.3. The molecule has 0 saturated carbocycles. The van der Waals surface area contributed by atoms with Gasteiger partial charge < -0.3 is 9.52 Å². The monoisotopic (exact) mass is 268 g/mol. The molecule has 0 unspecified atom stereocenters. The lowest BCUT2D eigenvalue weighted by molar-refractivity contribution is -0.688. The molecule has 2 heterocycles. The number of phenols is 1. The summed E-state index contributed by atoms with van der Waals surface area (Å²) in [5.41, 5.74) is 2.01. The molecule has 20 heavy (non-hydrogen) atoms. The summed E-state index contributed by atoms with van der Waals surface area (Å²) in [6, 6.07) is 10.3. The van der Waals surface area contributed by atoms with E-state index in [0.29, 0.717) is 12.1 Å². The number of pyridine rings is 1. The van der Waals surface area contributed by atoms with Gasteiger partial charge in [0.15, 0.2) is 18.9 Å². The Hall–Kier alpha value is -2.62. The van der Waals surface area contributed by atoms with Crippen molar-refractivity contribution in [1.29, 1.82) is 0 Å². The third kappa shape index (κ3) is 2.40. The zero-order valence-electron chi connectivity index (χ0n) is 11.0. The first kappa shape index (κ1) is 12.4. The molecule has 0 radical (unpaired) electrons. The Labute approximate surface area is 115 Å². The van der Waals surface area contributed by atoms with Crippen LogP contribution >= 0.6 is 0 Å². The van der Waals surface area contributed by atoms with Crippen molar-refractivity contribution in [2.75, 3.05) is 0 Å². The molecule has 0 spiro atoms. The van der Waals surface area contributed by atoms with Gasteiger partial charge in [-0.3, -0.25) is 0 Å². The summed E-state index contributed by atoms with van der Waals surface area (Å²) in [6.07, 6.45) is 3.97. The number of aromatic hydroxyl groups is 1. The highest BCUT2D eigenvalue weighted by Gasteiger charge is 2.10. The van der Waals surface area contributed by atoms with Crippen LogP contribution in [0.2, 0.25) is 0 Å². The van der Waals surface area contributed by atoms with Crippen molar-refractivity contribution in [1.82, 2.24) is 0 Å². The van der Waals surface area contributed by atoms with E-state index in [9.17, 15) is 9.90 Å². The summed E-state index contributed by atoms with van der Waals surface area (Å²) < 4.78 is 7.13. The number of nitrogens with zero attached hydrogens (tertiary/aromatic N) is 1. The van der Waals surface area contributed by atoms with E-state index in [1.165, 1.54) is 12.1 Å². The van der Waals surface area contributed by atoms with Crippen LogP contribution in [0.4, 0.5) is 0 Å². The second kappa shape index (κ2) is 4.81. The maximum absolute atomic E-state index is 11.6. The lowest BCUT2D eigenvalue weighted by Crippen LogP contribution is -2.34. The molecular formula is C16H14NO3+. The molecule has 3 aromatic rings. The van der Waals surface area contributed by atoms with Gasteiger partial charge in [-0.1, -0.05) is 0 Å². The van der Waals surface area contributed by atoms with Crippen molar-refractivity contribution in [2.45, 2.75) is 13.5 Å². The molecule has 2 aromatic heterocycles. The Kier molecular flexibility index (Phi) is 2.99. The van der Waals surface area contributed by atoms with Crippen molar-refractivity contribution in [2.24, 2.45) is 0 Å². The summed E-state index contributed by atoms with van der Waals surface area (Å²) in [7, 11) is 0. The molecule has 0 amide bonds. The molecule has 3 rings (SSSR count). The molecule has 0 aliphatic heterocycles. The maximum atomic E-state index is 11.6. The van der Waals surface area contributed by atoms with Crippen molar-refractivity contribution in [3.63, 3.8) is 0 Å². The Morgan fingerprint density at radius 2 is 2.10 bits per heavy atom. The molecule has 0 aliphatic carbocycles. The second-order valence-electron chi connectivity index (χ2n) is 4.82. The van der Waals surface area contributed by atoms with Crippen molar-refractivity contribution in [3.8, 4) is 5.75 Å². The Bertz CT molecular complexity index is 836. The highest BCUT2D eigenvalue weighted by molar-refractivity contribution is 5.81. The SMILES string of the molecule is Cc1ccc[n+](Cc2cc(=O)oc3cc(O)ccc23)c1. The van der Waals surface area contributed by atoms with E-state index in [2.05, 4.69) is 0 Å². The van der Waals surface area contributed by atoms with Crippen LogP contribution in [0.25, 0.3) is 11.0 Å². The summed E-state index contributed by atoms with van der Waals surface area (Å²) in [4.78, 5) is 11.6. The molecule has 0 bridgehead atoms. The van der Waals surface area contributed by atoms with Crippen LogP contribution in [-0.2, 0) is 6.54 Å². The number of hydrogen-bond acceptors (Lipinski definition) is 3. The summed E-state index contributed by atoms with van der Waals surface area (Å²) >= 11 is 0. The molecule has 0 saturated heterocycles. The van der Waals surface area contributed by atoms with E-state index < -0.39 is 5.63 Å². The van der Waals surface area contributed by atoms with E-state index in [0.717, 1.165) is 16.5 Å². The average Bonchev–Trinajstić information content (AvgIpc) is 2.37. The first-order valence-corrected chi connectivity index (χ1v) is 6.33. The fraction of sp³-hybridized carbons (Fsp3) is 0.125. The van der Waals surface area contributed by atoms with Crippen LogP contribution in [-0.4, -0.2) is 5.11 Å². The molecule has 0 fully saturated rings. The minimum atomic E-state index is -0.411. The van der Waals surface area contributed by atoms with Crippen LogP contribution in [0, 0.1) is 6.92 Å². The van der Waals surface area contributed by atoms with Crippen molar-refractivity contribution in [3.05, 3.63) is 70.3 Å². The highest BCUT2D eigenvalue weighted by Crippen LogP contribution is 2.21. The molecule has 0 atom stereocenters. The number of benzene rings is 1. The van der Waals surface area contributed by atoms with Crippen LogP contribution in [0.5, 0.6) is 5.75 Å². The van der Waals surface area contributed by atoms with Gasteiger partial charge in [-0.2, -0.15) is 0 Å². The third-order valence-corrected chi connectivity index (χ3v) is 3.17. The molecule has 0 aliphatic rings. The Balaban J connectivity index is 2.13. The van der Waals surface area contributed by atoms with Crippen molar-refractivity contribution >= 4 is 11.0 Å². The van der Waals surface area contributed by atoms with Crippen LogP contribution in [0.15, 0.2) is 58.0 Å². The van der Waals surface area contributed by atoms with Crippen LogP contribution in [0.1, 0.15) is 11.1 Å². The standard InChI is InChI=1S/C16H13NO3/c1-11-3-2-6-17(9-11)10-12-7-16(19)20-15-8-13(18)4-5-14(12)15/h2-9H,10H2,1H3/p+1. The number of phenolic OH excluding ortho intramolecular Hbond substituents is 1. The predicted molar refractivity (Wildman–Crippen MR) is 74.6 cm³/mol.